The Morgan fingerprint density at radius 3 is 1.93 bits per heavy atom. The van der Waals surface area contributed by atoms with Gasteiger partial charge in [0.25, 0.3) is 0 Å². The van der Waals surface area contributed by atoms with Crippen LogP contribution in [0.25, 0.3) is 0 Å². The van der Waals surface area contributed by atoms with Crippen molar-refractivity contribution in [3.8, 4) is 0 Å². The highest BCUT2D eigenvalue weighted by molar-refractivity contribution is 5.12. The van der Waals surface area contributed by atoms with Crippen molar-refractivity contribution >= 4 is 0 Å². The number of hydrogen-bond acceptors (Lipinski definition) is 0. The van der Waals surface area contributed by atoms with Crippen molar-refractivity contribution in [3.63, 3.8) is 0 Å². The van der Waals surface area contributed by atoms with Crippen LogP contribution in [0.3, 0.4) is 0 Å². The number of rotatable bonds is 2. The van der Waals surface area contributed by atoms with Gasteiger partial charge in [-0.25, -0.2) is 0 Å². The van der Waals surface area contributed by atoms with Crippen LogP contribution >= 0.6 is 0 Å². The van der Waals surface area contributed by atoms with E-state index in [9.17, 15) is 0 Å². The molecule has 0 saturated carbocycles. The molecule has 1 aliphatic rings. The van der Waals surface area contributed by atoms with E-state index < -0.39 is 0 Å². The first-order valence-corrected chi connectivity index (χ1v) is 5.07. The molecule has 0 nitrogen and oxygen atoms in total. The molecule has 0 bridgehead atoms. The SMILES string of the molecule is C1=CCC=C1.C=CC(=C)CC(C)(C)C. The van der Waals surface area contributed by atoms with Crippen LogP contribution < -0.4 is 0 Å². The molecule has 14 heavy (non-hydrogen) atoms. The van der Waals surface area contributed by atoms with Crippen LogP contribution in [0.5, 0.6) is 0 Å². The summed E-state index contributed by atoms with van der Waals surface area (Å²) in [5.41, 5.74) is 1.48. The molecule has 0 aromatic heterocycles. The zero-order chi connectivity index (χ0) is 11.0. The summed E-state index contributed by atoms with van der Waals surface area (Å²) in [6, 6.07) is 0. The van der Waals surface area contributed by atoms with E-state index in [0.29, 0.717) is 5.41 Å². The molecule has 0 aromatic carbocycles. The quantitative estimate of drug-likeness (QED) is 0.555. The lowest BCUT2D eigenvalue weighted by molar-refractivity contribution is 0.414. The normalized spacial score (nSPS) is 13.4. The lowest BCUT2D eigenvalue weighted by atomic mass is 9.89. The Morgan fingerprint density at radius 2 is 1.79 bits per heavy atom. The van der Waals surface area contributed by atoms with Crippen molar-refractivity contribution in [1.82, 2.24) is 0 Å². The van der Waals surface area contributed by atoms with Gasteiger partial charge < -0.3 is 0 Å². The Hall–Kier alpha value is -1.04. The third-order valence-electron chi connectivity index (χ3n) is 1.70. The third-order valence-corrected chi connectivity index (χ3v) is 1.70. The molecule has 0 N–H and O–H groups in total. The second-order valence-corrected chi connectivity index (χ2v) is 4.69. The van der Waals surface area contributed by atoms with Crippen LogP contribution in [0.2, 0.25) is 0 Å². The van der Waals surface area contributed by atoms with Crippen LogP contribution in [-0.4, -0.2) is 0 Å². The Labute approximate surface area is 88.7 Å². The number of allylic oxidation sites excluding steroid dienone is 6. The molecule has 0 amide bonds. The lowest BCUT2D eigenvalue weighted by Gasteiger charge is -2.17. The van der Waals surface area contributed by atoms with E-state index in [1.54, 1.807) is 0 Å². The molecule has 0 aliphatic heterocycles. The highest BCUT2D eigenvalue weighted by Gasteiger charge is 2.09. The third kappa shape index (κ3) is 9.05. The van der Waals surface area contributed by atoms with Crippen LogP contribution in [0.1, 0.15) is 33.6 Å². The summed E-state index contributed by atoms with van der Waals surface area (Å²) in [5, 5.41) is 0. The molecule has 0 heteroatoms. The monoisotopic (exact) mass is 190 g/mol. The summed E-state index contributed by atoms with van der Waals surface area (Å²) in [6.45, 7) is 14.1. The summed E-state index contributed by atoms with van der Waals surface area (Å²) < 4.78 is 0. The van der Waals surface area contributed by atoms with Crippen LogP contribution in [-0.2, 0) is 0 Å². The van der Waals surface area contributed by atoms with Gasteiger partial charge in [0.15, 0.2) is 0 Å². The first-order chi connectivity index (χ1) is 6.45. The van der Waals surface area contributed by atoms with Crippen molar-refractivity contribution in [2.24, 2.45) is 5.41 Å². The fourth-order valence-electron chi connectivity index (χ4n) is 1.15. The van der Waals surface area contributed by atoms with Crippen molar-refractivity contribution < 1.29 is 0 Å². The molecule has 0 fully saturated rings. The second kappa shape index (κ2) is 6.42. The zero-order valence-electron chi connectivity index (χ0n) is 9.72. The van der Waals surface area contributed by atoms with Crippen LogP contribution in [0.4, 0.5) is 0 Å². The molecule has 0 spiro atoms. The fourth-order valence-corrected chi connectivity index (χ4v) is 1.15. The van der Waals surface area contributed by atoms with E-state index in [2.05, 4.69) is 58.2 Å². The van der Waals surface area contributed by atoms with Gasteiger partial charge in [-0.05, 0) is 18.3 Å². The molecule has 0 aromatic rings. The van der Waals surface area contributed by atoms with Crippen LogP contribution in [0, 0.1) is 5.41 Å². The van der Waals surface area contributed by atoms with Gasteiger partial charge in [-0.15, -0.1) is 0 Å². The zero-order valence-corrected chi connectivity index (χ0v) is 9.72. The highest BCUT2D eigenvalue weighted by atomic mass is 14.1. The van der Waals surface area contributed by atoms with Gasteiger partial charge >= 0.3 is 0 Å². The van der Waals surface area contributed by atoms with E-state index in [-0.39, 0.29) is 0 Å². The van der Waals surface area contributed by atoms with Crippen molar-refractivity contribution in [3.05, 3.63) is 49.1 Å². The second-order valence-electron chi connectivity index (χ2n) is 4.69. The predicted molar refractivity (Wildman–Crippen MR) is 66.3 cm³/mol. The minimum atomic E-state index is 0.352. The van der Waals surface area contributed by atoms with E-state index in [1.165, 1.54) is 0 Å². The molecule has 0 saturated heterocycles. The summed E-state index contributed by atoms with van der Waals surface area (Å²) in [4.78, 5) is 0. The molecular weight excluding hydrogens is 168 g/mol. The fraction of sp³-hybridized carbons (Fsp3) is 0.429. The summed E-state index contributed by atoms with van der Waals surface area (Å²) >= 11 is 0. The summed E-state index contributed by atoms with van der Waals surface area (Å²) in [6.07, 6.45) is 12.4. The largest absolute Gasteiger partial charge is 0.0988 e. The Kier molecular flexibility index (Phi) is 5.94. The van der Waals surface area contributed by atoms with Gasteiger partial charge in [-0.3, -0.25) is 0 Å². The highest BCUT2D eigenvalue weighted by Crippen LogP contribution is 2.22. The average Bonchev–Trinajstić information content (AvgIpc) is 2.57. The van der Waals surface area contributed by atoms with Gasteiger partial charge in [0, 0.05) is 0 Å². The molecule has 1 rings (SSSR count). The first kappa shape index (κ1) is 13.0. The maximum Gasteiger partial charge on any atom is -0.0163 e. The molecule has 0 heterocycles. The van der Waals surface area contributed by atoms with E-state index >= 15 is 0 Å². The topological polar surface area (TPSA) is 0 Å². The number of hydrogen-bond donors (Lipinski definition) is 0. The minimum Gasteiger partial charge on any atom is -0.0988 e. The average molecular weight is 190 g/mol. The molecule has 78 valence electrons. The minimum absolute atomic E-state index is 0.352. The summed E-state index contributed by atoms with van der Waals surface area (Å²) in [7, 11) is 0. The first-order valence-electron chi connectivity index (χ1n) is 5.07. The van der Waals surface area contributed by atoms with E-state index in [1.807, 2.05) is 6.08 Å². The molecular formula is C14H22. The maximum absolute atomic E-state index is 3.84. The van der Waals surface area contributed by atoms with E-state index in [4.69, 9.17) is 0 Å². The van der Waals surface area contributed by atoms with Gasteiger partial charge in [-0.2, -0.15) is 0 Å². The molecule has 0 unspecified atom stereocenters. The Balaban J connectivity index is 0.000000280. The van der Waals surface area contributed by atoms with Crippen molar-refractivity contribution in [1.29, 1.82) is 0 Å². The van der Waals surface area contributed by atoms with Crippen molar-refractivity contribution in [2.45, 2.75) is 33.6 Å². The maximum atomic E-state index is 3.84. The van der Waals surface area contributed by atoms with Gasteiger partial charge in [0.05, 0.1) is 0 Å². The van der Waals surface area contributed by atoms with Crippen molar-refractivity contribution in [2.75, 3.05) is 0 Å². The smallest absolute Gasteiger partial charge is 0.0163 e. The van der Waals surface area contributed by atoms with Gasteiger partial charge in [0.1, 0.15) is 0 Å². The summed E-state index contributed by atoms with van der Waals surface area (Å²) in [5.74, 6) is 0. The Morgan fingerprint density at radius 1 is 1.29 bits per heavy atom. The molecule has 0 atom stereocenters. The van der Waals surface area contributed by atoms with Gasteiger partial charge in [-0.1, -0.05) is 69.9 Å². The standard InChI is InChI=1S/C9H16.C5H6/c1-6-8(2)7-9(3,4)5;1-2-4-5-3-1/h6H,1-2,7H2,3-5H3;1-4H,5H2. The molecule has 0 radical (unpaired) electrons. The molecule has 1 aliphatic carbocycles. The Bertz CT molecular complexity index is 223. The van der Waals surface area contributed by atoms with Crippen LogP contribution in [0.15, 0.2) is 49.1 Å². The lowest BCUT2D eigenvalue weighted by Crippen LogP contribution is -2.04. The van der Waals surface area contributed by atoms with Gasteiger partial charge in [0.2, 0.25) is 0 Å². The van der Waals surface area contributed by atoms with E-state index in [0.717, 1.165) is 18.4 Å². The predicted octanol–water partition coefficient (Wildman–Crippen LogP) is 4.67.